The number of pyridine rings is 1. The van der Waals surface area contributed by atoms with Gasteiger partial charge >= 0.3 is 6.09 Å². The molecule has 1 saturated carbocycles. The third-order valence-corrected chi connectivity index (χ3v) is 4.23. The summed E-state index contributed by atoms with van der Waals surface area (Å²) >= 11 is 0. The molecule has 0 spiro atoms. The number of unbranched alkanes of at least 4 members (excludes halogenated alkanes) is 1. The van der Waals surface area contributed by atoms with Crippen LogP contribution in [0.1, 0.15) is 45.4 Å². The molecular formula is C17H26N2O3. The highest BCUT2D eigenvalue weighted by Gasteiger charge is 2.48. The number of carbonyl (C=O) groups excluding carboxylic acids is 1. The molecule has 1 aliphatic carbocycles. The van der Waals surface area contributed by atoms with Gasteiger partial charge in [0.1, 0.15) is 5.75 Å². The molecule has 1 fully saturated rings. The van der Waals surface area contributed by atoms with Gasteiger partial charge < -0.3 is 14.4 Å². The Hall–Kier alpha value is -1.78. The molecule has 1 aromatic heterocycles. The molecule has 1 amide bonds. The van der Waals surface area contributed by atoms with Crippen LogP contribution < -0.4 is 4.74 Å². The minimum absolute atomic E-state index is 0.0123. The van der Waals surface area contributed by atoms with Crippen LogP contribution in [-0.4, -0.2) is 41.8 Å². The predicted molar refractivity (Wildman–Crippen MR) is 85.0 cm³/mol. The topological polar surface area (TPSA) is 51.7 Å². The maximum absolute atomic E-state index is 12.0. The summed E-state index contributed by atoms with van der Waals surface area (Å²) in [6.07, 6.45) is 9.18. The number of rotatable bonds is 9. The summed E-state index contributed by atoms with van der Waals surface area (Å²) in [4.78, 5) is 17.8. The van der Waals surface area contributed by atoms with E-state index in [2.05, 4.69) is 11.9 Å². The van der Waals surface area contributed by atoms with Crippen LogP contribution in [0.15, 0.2) is 24.5 Å². The first-order valence-corrected chi connectivity index (χ1v) is 8.11. The van der Waals surface area contributed by atoms with Gasteiger partial charge in [-0.25, -0.2) is 4.79 Å². The number of nitrogens with zero attached hydrogens (tertiary/aromatic N) is 2. The van der Waals surface area contributed by atoms with Crippen molar-refractivity contribution in [3.63, 3.8) is 0 Å². The number of aromatic nitrogens is 1. The molecule has 0 bridgehead atoms. The molecular weight excluding hydrogens is 280 g/mol. The fourth-order valence-electron chi connectivity index (χ4n) is 2.52. The van der Waals surface area contributed by atoms with E-state index in [1.807, 2.05) is 19.2 Å². The van der Waals surface area contributed by atoms with E-state index in [9.17, 15) is 4.79 Å². The molecule has 0 saturated heterocycles. The number of carbonyl (C=O) groups is 1. The van der Waals surface area contributed by atoms with Crippen LogP contribution in [0.4, 0.5) is 4.79 Å². The zero-order valence-corrected chi connectivity index (χ0v) is 13.6. The van der Waals surface area contributed by atoms with Crippen molar-refractivity contribution in [3.8, 4) is 5.75 Å². The van der Waals surface area contributed by atoms with Crippen molar-refractivity contribution in [2.24, 2.45) is 0 Å². The lowest BCUT2D eigenvalue weighted by Gasteiger charge is -2.27. The van der Waals surface area contributed by atoms with Gasteiger partial charge in [-0.3, -0.25) is 4.98 Å². The van der Waals surface area contributed by atoms with E-state index in [1.54, 1.807) is 17.3 Å². The largest absolute Gasteiger partial charge is 0.492 e. The molecule has 0 radical (unpaired) electrons. The summed E-state index contributed by atoms with van der Waals surface area (Å²) in [5.41, 5.74) is -0.0123. The molecule has 22 heavy (non-hydrogen) atoms. The quantitative estimate of drug-likeness (QED) is 0.654. The van der Waals surface area contributed by atoms with Crippen LogP contribution in [0, 0.1) is 0 Å². The van der Waals surface area contributed by atoms with Gasteiger partial charge in [-0.1, -0.05) is 13.3 Å². The molecule has 1 heterocycles. The highest BCUT2D eigenvalue weighted by Crippen LogP contribution is 2.45. The van der Waals surface area contributed by atoms with Gasteiger partial charge in [-0.05, 0) is 44.2 Å². The molecule has 2 rings (SSSR count). The molecule has 5 heteroatoms. The standard InChI is InChI=1S/C17H26N2O3/c1-3-4-12-22-16(20)19(2)17(9-10-17)8-6-13-21-15-7-5-11-18-14-15/h5,7,11,14H,3-4,6,8-10,12-13H2,1-2H3. The Morgan fingerprint density at radius 1 is 1.36 bits per heavy atom. The number of amides is 1. The Bertz CT molecular complexity index is 460. The lowest BCUT2D eigenvalue weighted by molar-refractivity contribution is 0.0873. The molecule has 122 valence electrons. The van der Waals surface area contributed by atoms with Crippen molar-refractivity contribution in [2.45, 2.75) is 51.0 Å². The molecule has 0 aliphatic heterocycles. The van der Waals surface area contributed by atoms with E-state index in [4.69, 9.17) is 9.47 Å². The summed E-state index contributed by atoms with van der Waals surface area (Å²) in [6, 6.07) is 3.76. The van der Waals surface area contributed by atoms with Crippen molar-refractivity contribution in [3.05, 3.63) is 24.5 Å². The second-order valence-electron chi connectivity index (χ2n) is 5.89. The fraction of sp³-hybridized carbons (Fsp3) is 0.647. The second-order valence-corrected chi connectivity index (χ2v) is 5.89. The minimum Gasteiger partial charge on any atom is -0.492 e. The zero-order valence-electron chi connectivity index (χ0n) is 13.6. The first-order chi connectivity index (χ1) is 10.7. The van der Waals surface area contributed by atoms with Crippen LogP contribution in [0.25, 0.3) is 0 Å². The van der Waals surface area contributed by atoms with Crippen LogP contribution in [0.5, 0.6) is 5.75 Å². The summed E-state index contributed by atoms with van der Waals surface area (Å²) in [5.74, 6) is 0.791. The number of hydrogen-bond acceptors (Lipinski definition) is 4. The first kappa shape index (κ1) is 16.6. The Morgan fingerprint density at radius 2 is 2.18 bits per heavy atom. The summed E-state index contributed by atoms with van der Waals surface area (Å²) in [5, 5.41) is 0. The summed E-state index contributed by atoms with van der Waals surface area (Å²) in [7, 11) is 1.85. The van der Waals surface area contributed by atoms with Crippen LogP contribution in [0.3, 0.4) is 0 Å². The molecule has 5 nitrogen and oxygen atoms in total. The van der Waals surface area contributed by atoms with Gasteiger partial charge in [0.05, 0.1) is 19.4 Å². The van der Waals surface area contributed by atoms with E-state index in [-0.39, 0.29) is 11.6 Å². The Morgan fingerprint density at radius 3 is 2.82 bits per heavy atom. The monoisotopic (exact) mass is 306 g/mol. The van der Waals surface area contributed by atoms with E-state index in [0.717, 1.165) is 44.3 Å². The van der Waals surface area contributed by atoms with E-state index in [1.165, 1.54) is 0 Å². The van der Waals surface area contributed by atoms with E-state index < -0.39 is 0 Å². The van der Waals surface area contributed by atoms with Gasteiger partial charge in [0.15, 0.2) is 0 Å². The normalized spacial score (nSPS) is 15.2. The van der Waals surface area contributed by atoms with Gasteiger partial charge in [0, 0.05) is 18.8 Å². The van der Waals surface area contributed by atoms with Crippen molar-refractivity contribution >= 4 is 6.09 Å². The smallest absolute Gasteiger partial charge is 0.409 e. The second kappa shape index (κ2) is 8.01. The molecule has 0 N–H and O–H groups in total. The summed E-state index contributed by atoms with van der Waals surface area (Å²) in [6.45, 7) is 3.24. The number of hydrogen-bond donors (Lipinski definition) is 0. The maximum Gasteiger partial charge on any atom is 0.409 e. The minimum atomic E-state index is -0.195. The van der Waals surface area contributed by atoms with Crippen molar-refractivity contribution in [2.75, 3.05) is 20.3 Å². The third kappa shape index (κ3) is 4.61. The number of ether oxygens (including phenoxy) is 2. The Labute approximate surface area is 132 Å². The van der Waals surface area contributed by atoms with Crippen LogP contribution in [-0.2, 0) is 4.74 Å². The first-order valence-electron chi connectivity index (χ1n) is 8.11. The SMILES string of the molecule is CCCCOC(=O)N(C)C1(CCCOc2cccnc2)CC1. The highest BCUT2D eigenvalue weighted by molar-refractivity contribution is 5.69. The van der Waals surface area contributed by atoms with Crippen molar-refractivity contribution in [1.29, 1.82) is 0 Å². The average Bonchev–Trinajstić information content (AvgIpc) is 3.33. The van der Waals surface area contributed by atoms with Crippen molar-refractivity contribution in [1.82, 2.24) is 9.88 Å². The lowest BCUT2D eigenvalue weighted by Crippen LogP contribution is -2.39. The van der Waals surface area contributed by atoms with Crippen LogP contribution >= 0.6 is 0 Å². The lowest BCUT2D eigenvalue weighted by atomic mass is 10.1. The highest BCUT2D eigenvalue weighted by atomic mass is 16.6. The van der Waals surface area contributed by atoms with E-state index >= 15 is 0 Å². The molecule has 0 unspecified atom stereocenters. The van der Waals surface area contributed by atoms with Gasteiger partial charge in [-0.2, -0.15) is 0 Å². The van der Waals surface area contributed by atoms with E-state index in [0.29, 0.717) is 13.2 Å². The fourth-order valence-corrected chi connectivity index (χ4v) is 2.52. The molecule has 0 aromatic carbocycles. The third-order valence-electron chi connectivity index (χ3n) is 4.23. The Balaban J connectivity index is 1.69. The van der Waals surface area contributed by atoms with Crippen LogP contribution in [0.2, 0.25) is 0 Å². The average molecular weight is 306 g/mol. The van der Waals surface area contributed by atoms with Gasteiger partial charge in [0.2, 0.25) is 0 Å². The molecule has 1 aromatic rings. The molecule has 0 atom stereocenters. The predicted octanol–water partition coefficient (Wildman–Crippen LogP) is 3.64. The maximum atomic E-state index is 12.0. The summed E-state index contributed by atoms with van der Waals surface area (Å²) < 4.78 is 10.9. The Kier molecular flexibility index (Phi) is 6.04. The molecule has 1 aliphatic rings. The zero-order chi connectivity index (χ0) is 15.8. The van der Waals surface area contributed by atoms with Gasteiger partial charge in [0.25, 0.3) is 0 Å². The van der Waals surface area contributed by atoms with Gasteiger partial charge in [-0.15, -0.1) is 0 Å². The van der Waals surface area contributed by atoms with Crippen molar-refractivity contribution < 1.29 is 14.3 Å².